The lowest BCUT2D eigenvalue weighted by atomic mass is 10.2. The van der Waals surface area contributed by atoms with Gasteiger partial charge >= 0.3 is 23.9 Å². The van der Waals surface area contributed by atoms with Gasteiger partial charge in [0, 0.05) is 0 Å². The third kappa shape index (κ3) is 9.42. The van der Waals surface area contributed by atoms with E-state index in [1.54, 1.807) is 13.8 Å². The average molecular weight is 334 g/mol. The minimum atomic E-state index is -1.24. The second-order valence-corrected chi connectivity index (χ2v) is 4.28. The van der Waals surface area contributed by atoms with Crippen molar-refractivity contribution >= 4 is 23.9 Å². The zero-order valence-electron chi connectivity index (χ0n) is 13.1. The van der Waals surface area contributed by atoms with Crippen LogP contribution in [0.1, 0.15) is 26.7 Å². The third-order valence-electron chi connectivity index (χ3n) is 2.39. The molecule has 0 radical (unpaired) electrons. The molecule has 0 saturated heterocycles. The summed E-state index contributed by atoms with van der Waals surface area (Å²) in [7, 11) is 0. The fourth-order valence-electron chi connectivity index (χ4n) is 1.33. The van der Waals surface area contributed by atoms with Crippen LogP contribution in [0.25, 0.3) is 0 Å². The predicted molar refractivity (Wildman–Crippen MR) is 75.5 cm³/mol. The average Bonchev–Trinajstić information content (AvgIpc) is 2.47. The van der Waals surface area contributed by atoms with Crippen molar-refractivity contribution in [1.29, 1.82) is 0 Å². The normalized spacial score (nSPS) is 12.7. The first-order valence-electron chi connectivity index (χ1n) is 6.97. The summed E-state index contributed by atoms with van der Waals surface area (Å²) >= 11 is 0. The Morgan fingerprint density at radius 2 is 1.09 bits per heavy atom. The molecule has 0 fully saturated rings. The number of hydrogen-bond acceptors (Lipinski definition) is 10. The number of hydrogen-bond donors (Lipinski definition) is 2. The van der Waals surface area contributed by atoms with E-state index in [4.69, 9.17) is 11.5 Å². The molecule has 4 N–H and O–H groups in total. The van der Waals surface area contributed by atoms with Crippen LogP contribution < -0.4 is 11.5 Å². The zero-order chi connectivity index (χ0) is 17.8. The molecule has 23 heavy (non-hydrogen) atoms. The standard InChI is InChI=1S/C13H22N2O8/c1-3-20-10(16)5-8(14)12(18)22-7-23-13(19)9(15)6-11(17)21-4-2/h8-9H,3-7,14-15H2,1-2H3/t8-,9-/m0/s1. The van der Waals surface area contributed by atoms with E-state index >= 15 is 0 Å². The quantitative estimate of drug-likeness (QED) is 0.276. The zero-order valence-corrected chi connectivity index (χ0v) is 13.1. The van der Waals surface area contributed by atoms with E-state index in [1.807, 2.05) is 0 Å². The van der Waals surface area contributed by atoms with E-state index < -0.39 is 42.8 Å². The fourth-order valence-corrected chi connectivity index (χ4v) is 1.33. The number of ether oxygens (including phenoxy) is 4. The lowest BCUT2D eigenvalue weighted by molar-refractivity contribution is -0.171. The van der Waals surface area contributed by atoms with Crippen LogP contribution in [0.3, 0.4) is 0 Å². The van der Waals surface area contributed by atoms with Crippen molar-refractivity contribution in [1.82, 2.24) is 0 Å². The van der Waals surface area contributed by atoms with Gasteiger partial charge < -0.3 is 30.4 Å². The van der Waals surface area contributed by atoms with Crippen LogP contribution in [0.2, 0.25) is 0 Å². The summed E-state index contributed by atoms with van der Waals surface area (Å²) in [5, 5.41) is 0. The van der Waals surface area contributed by atoms with E-state index in [9.17, 15) is 19.2 Å². The minimum Gasteiger partial charge on any atom is -0.466 e. The first-order chi connectivity index (χ1) is 10.8. The van der Waals surface area contributed by atoms with Gasteiger partial charge in [0.15, 0.2) is 0 Å². The molecule has 0 aliphatic carbocycles. The monoisotopic (exact) mass is 334 g/mol. The van der Waals surface area contributed by atoms with Gasteiger partial charge in [-0.3, -0.25) is 19.2 Å². The van der Waals surface area contributed by atoms with Crippen LogP contribution in [-0.4, -0.2) is 56.0 Å². The predicted octanol–water partition coefficient (Wildman–Crippen LogP) is -1.41. The first-order valence-corrected chi connectivity index (χ1v) is 6.97. The van der Waals surface area contributed by atoms with Crippen molar-refractivity contribution in [2.75, 3.05) is 20.0 Å². The highest BCUT2D eigenvalue weighted by Crippen LogP contribution is 1.98. The molecule has 2 atom stereocenters. The van der Waals surface area contributed by atoms with Gasteiger partial charge in [-0.25, -0.2) is 0 Å². The molecule has 10 heteroatoms. The second kappa shape index (κ2) is 11.4. The number of esters is 4. The Balaban J connectivity index is 4.04. The number of rotatable bonds is 10. The lowest BCUT2D eigenvalue weighted by Gasteiger charge is -2.13. The molecule has 0 aromatic rings. The van der Waals surface area contributed by atoms with Gasteiger partial charge in [0.2, 0.25) is 6.79 Å². The van der Waals surface area contributed by atoms with Crippen LogP contribution in [0.5, 0.6) is 0 Å². The SMILES string of the molecule is CCOC(=O)C[C@H](N)C(=O)OCOC(=O)[C@@H](N)CC(=O)OCC. The fraction of sp³-hybridized carbons (Fsp3) is 0.692. The third-order valence-corrected chi connectivity index (χ3v) is 2.39. The molecule has 0 bridgehead atoms. The maximum absolute atomic E-state index is 11.4. The molecular formula is C13H22N2O8. The molecule has 0 aliphatic heterocycles. The number of nitrogens with two attached hydrogens (primary N) is 2. The smallest absolute Gasteiger partial charge is 0.326 e. The van der Waals surface area contributed by atoms with E-state index in [0.717, 1.165) is 0 Å². The maximum atomic E-state index is 11.4. The first kappa shape index (κ1) is 20.8. The van der Waals surface area contributed by atoms with Gasteiger partial charge in [-0.05, 0) is 13.8 Å². The van der Waals surface area contributed by atoms with Crippen molar-refractivity contribution in [3.8, 4) is 0 Å². The molecule has 0 heterocycles. The lowest BCUT2D eigenvalue weighted by Crippen LogP contribution is -2.38. The topological polar surface area (TPSA) is 157 Å². The van der Waals surface area contributed by atoms with Crippen LogP contribution in [0.4, 0.5) is 0 Å². The van der Waals surface area contributed by atoms with Crippen LogP contribution >= 0.6 is 0 Å². The largest absolute Gasteiger partial charge is 0.466 e. The molecule has 0 saturated carbocycles. The van der Waals surface area contributed by atoms with Gasteiger partial charge in [-0.15, -0.1) is 0 Å². The Morgan fingerprint density at radius 1 is 0.739 bits per heavy atom. The Bertz CT molecular complexity index is 388. The number of carbonyl (C=O) groups excluding carboxylic acids is 4. The Hall–Kier alpha value is -2.20. The summed E-state index contributed by atoms with van der Waals surface area (Å²) in [6.45, 7) is 2.82. The van der Waals surface area contributed by atoms with Gasteiger partial charge in [-0.1, -0.05) is 0 Å². The van der Waals surface area contributed by atoms with Crippen molar-refractivity contribution in [3.63, 3.8) is 0 Å². The summed E-state index contributed by atoms with van der Waals surface area (Å²) in [6, 6.07) is -2.47. The summed E-state index contributed by atoms with van der Waals surface area (Å²) in [6.07, 6.45) is -0.716. The molecule has 0 aromatic carbocycles. The summed E-state index contributed by atoms with van der Waals surface area (Å²) in [5.41, 5.74) is 10.8. The second-order valence-electron chi connectivity index (χ2n) is 4.28. The maximum Gasteiger partial charge on any atom is 0.326 e. The van der Waals surface area contributed by atoms with Gasteiger partial charge in [0.1, 0.15) is 12.1 Å². The van der Waals surface area contributed by atoms with Crippen molar-refractivity contribution in [2.24, 2.45) is 11.5 Å². The minimum absolute atomic E-state index is 0.163. The molecule has 0 spiro atoms. The van der Waals surface area contributed by atoms with Crippen LogP contribution in [0, 0.1) is 0 Å². The summed E-state index contributed by atoms with van der Waals surface area (Å²) < 4.78 is 18.4. The summed E-state index contributed by atoms with van der Waals surface area (Å²) in [5.74, 6) is -3.18. The Kier molecular flexibility index (Phi) is 10.3. The molecule has 0 rings (SSSR count). The van der Waals surface area contributed by atoms with Crippen LogP contribution in [0.15, 0.2) is 0 Å². The molecule has 132 valence electrons. The summed E-state index contributed by atoms with van der Waals surface area (Å²) in [4.78, 5) is 45.1. The molecule has 0 unspecified atom stereocenters. The van der Waals surface area contributed by atoms with E-state index in [1.165, 1.54) is 0 Å². The van der Waals surface area contributed by atoms with Gasteiger partial charge in [-0.2, -0.15) is 0 Å². The molecular weight excluding hydrogens is 312 g/mol. The van der Waals surface area contributed by atoms with E-state index in [-0.39, 0.29) is 26.1 Å². The highest BCUT2D eigenvalue weighted by molar-refractivity contribution is 5.83. The highest BCUT2D eigenvalue weighted by Gasteiger charge is 2.22. The van der Waals surface area contributed by atoms with Crippen molar-refractivity contribution in [2.45, 2.75) is 38.8 Å². The Morgan fingerprint density at radius 3 is 1.39 bits per heavy atom. The molecule has 0 amide bonds. The highest BCUT2D eigenvalue weighted by atomic mass is 16.7. The van der Waals surface area contributed by atoms with E-state index in [2.05, 4.69) is 18.9 Å². The van der Waals surface area contributed by atoms with Crippen LogP contribution in [-0.2, 0) is 38.1 Å². The molecule has 10 nitrogen and oxygen atoms in total. The van der Waals surface area contributed by atoms with Crippen molar-refractivity contribution in [3.05, 3.63) is 0 Å². The van der Waals surface area contributed by atoms with Gasteiger partial charge in [0.25, 0.3) is 0 Å². The molecule has 0 aromatic heterocycles. The van der Waals surface area contributed by atoms with Crippen molar-refractivity contribution < 1.29 is 38.1 Å². The molecule has 0 aliphatic rings. The Labute approximate surface area is 133 Å². The number of carbonyl (C=O) groups is 4. The van der Waals surface area contributed by atoms with E-state index in [0.29, 0.717) is 0 Å². The van der Waals surface area contributed by atoms with Gasteiger partial charge in [0.05, 0.1) is 26.1 Å².